The van der Waals surface area contributed by atoms with E-state index in [9.17, 15) is 14.4 Å². The van der Waals surface area contributed by atoms with Crippen molar-refractivity contribution in [2.24, 2.45) is 5.92 Å². The highest BCUT2D eigenvalue weighted by molar-refractivity contribution is 7.17. The van der Waals surface area contributed by atoms with Crippen molar-refractivity contribution in [1.82, 2.24) is 0 Å². The first-order valence-corrected chi connectivity index (χ1v) is 14.0. The van der Waals surface area contributed by atoms with Gasteiger partial charge < -0.3 is 30.9 Å². The Morgan fingerprint density at radius 1 is 1.03 bits per heavy atom. The molecule has 6 rings (SSSR count). The van der Waals surface area contributed by atoms with Gasteiger partial charge in [0.05, 0.1) is 13.1 Å². The molecule has 1 atom stereocenters. The smallest absolute Gasteiger partial charge is 0.412 e. The number of hydrogen-bond donors (Lipinski definition) is 1. The first-order valence-electron chi connectivity index (χ1n) is 13.1. The highest BCUT2D eigenvalue weighted by Gasteiger charge is 2.48. The number of piperidine rings is 3. The highest BCUT2D eigenvalue weighted by Crippen LogP contribution is 2.36. The van der Waals surface area contributed by atoms with Crippen LogP contribution >= 0.6 is 11.3 Å². The molecule has 0 saturated carbocycles. The summed E-state index contributed by atoms with van der Waals surface area (Å²) in [5, 5.41) is 5.83. The zero-order chi connectivity index (χ0) is 27.3. The second-order valence-corrected chi connectivity index (χ2v) is 12.2. The fourth-order valence-electron chi connectivity index (χ4n) is 5.27. The maximum Gasteiger partial charge on any atom is 0.412 e. The molecule has 9 heteroatoms. The Balaban J connectivity index is 0.000000242. The second kappa shape index (κ2) is 13.1. The topological polar surface area (TPSA) is 81.7 Å². The Labute approximate surface area is 244 Å². The number of carbonyl (C=O) groups is 3. The lowest BCUT2D eigenvalue weighted by Gasteiger charge is -2.51. The second-order valence-electron chi connectivity index (χ2n) is 11.2. The Bertz CT molecular complexity index is 1280. The number of esters is 1. The van der Waals surface area contributed by atoms with Crippen molar-refractivity contribution in [2.75, 3.05) is 31.5 Å². The van der Waals surface area contributed by atoms with E-state index in [4.69, 9.17) is 9.47 Å². The monoisotopic (exact) mass is 616 g/mol. The first kappa shape index (κ1) is 30.8. The van der Waals surface area contributed by atoms with Gasteiger partial charge in [0.1, 0.15) is 18.7 Å². The van der Waals surface area contributed by atoms with Gasteiger partial charge in [0.15, 0.2) is 6.10 Å². The van der Waals surface area contributed by atoms with Gasteiger partial charge in [0.2, 0.25) is 5.78 Å². The van der Waals surface area contributed by atoms with Crippen molar-refractivity contribution in [3.63, 3.8) is 0 Å². The number of carbonyl (C=O) groups excluding carboxylic acids is 3. The van der Waals surface area contributed by atoms with Crippen molar-refractivity contribution >= 4 is 45.0 Å². The molecule has 3 fully saturated rings. The van der Waals surface area contributed by atoms with E-state index in [1.54, 1.807) is 11.3 Å². The maximum absolute atomic E-state index is 12.9. The van der Waals surface area contributed by atoms with E-state index in [0.717, 1.165) is 53.6 Å². The zero-order valence-electron chi connectivity index (χ0n) is 22.9. The summed E-state index contributed by atoms with van der Waals surface area (Å²) < 4.78 is 12.6. The quantitative estimate of drug-likeness (QED) is 0.270. The van der Waals surface area contributed by atoms with Gasteiger partial charge in [-0.15, -0.1) is 11.3 Å². The molecule has 1 aromatic heterocycles. The third-order valence-corrected chi connectivity index (χ3v) is 7.93. The summed E-state index contributed by atoms with van der Waals surface area (Å²) in [6, 6.07) is 17.3. The van der Waals surface area contributed by atoms with Gasteiger partial charge in [0, 0.05) is 41.6 Å². The molecule has 0 unspecified atom stereocenters. The number of nitrogens with one attached hydrogen (secondary N) is 1. The van der Waals surface area contributed by atoms with Crippen molar-refractivity contribution in [1.29, 1.82) is 0 Å². The third kappa shape index (κ3) is 8.62. The number of thiophene rings is 1. The lowest BCUT2D eigenvalue weighted by atomic mass is 9.83. The lowest BCUT2D eigenvalue weighted by Crippen LogP contribution is -3.00. The van der Waals surface area contributed by atoms with E-state index in [1.807, 2.05) is 69.3 Å². The molecule has 210 valence electrons. The molecule has 2 bridgehead atoms. The first-order chi connectivity index (χ1) is 18.0. The summed E-state index contributed by atoms with van der Waals surface area (Å²) >= 11 is 1.70. The lowest BCUT2D eigenvalue weighted by molar-refractivity contribution is -0.938. The van der Waals surface area contributed by atoms with Crippen LogP contribution in [0.1, 0.15) is 50.9 Å². The number of benzene rings is 2. The van der Waals surface area contributed by atoms with Gasteiger partial charge in [-0.25, -0.2) is 4.79 Å². The minimum absolute atomic E-state index is 0. The number of nitrogens with zero attached hydrogens (tertiary/aromatic N) is 1. The van der Waals surface area contributed by atoms with E-state index in [-0.39, 0.29) is 34.8 Å². The van der Waals surface area contributed by atoms with Crippen LogP contribution in [0.15, 0.2) is 60.0 Å². The van der Waals surface area contributed by atoms with E-state index >= 15 is 0 Å². The predicted molar refractivity (Wildman–Crippen MR) is 150 cm³/mol. The average molecular weight is 618 g/mol. The van der Waals surface area contributed by atoms with Crippen molar-refractivity contribution in [3.05, 3.63) is 65.5 Å². The standard InChI is InChI=1S/C19H22NO3S.C11H15NO2.BrH/c1-13(21)23-18-12-20(7-4-14(18)5-8-20)11-17(22)15-2-3-19-16(10-15)6-9-24-19;1-11(2,3)14-10(13)12-9-7-5-4-6-8-9;/h2-3,6,9-10,14,18H,4-5,7-8,11-12H2,1H3;4-8H,1-3H3,(H,12,13);1H/q+1;;/p-1/t14?,18-,20?;;/m0../s1. The number of amides is 1. The molecule has 3 aromatic rings. The normalized spacial score (nSPS) is 21.6. The van der Waals surface area contributed by atoms with Crippen LogP contribution in [0.2, 0.25) is 0 Å². The van der Waals surface area contributed by atoms with Gasteiger partial charge in [-0.1, -0.05) is 18.2 Å². The van der Waals surface area contributed by atoms with Gasteiger partial charge >= 0.3 is 12.1 Å². The summed E-state index contributed by atoms with van der Waals surface area (Å²) in [5.41, 5.74) is 1.07. The number of para-hydroxylation sites is 1. The van der Waals surface area contributed by atoms with Gasteiger partial charge in [-0.2, -0.15) is 0 Å². The number of hydrogen-bond acceptors (Lipinski definition) is 6. The number of halogens is 1. The van der Waals surface area contributed by atoms with Crippen LogP contribution in [0, 0.1) is 5.92 Å². The van der Waals surface area contributed by atoms with Crippen LogP contribution in [0.5, 0.6) is 0 Å². The van der Waals surface area contributed by atoms with E-state index in [0.29, 0.717) is 12.5 Å². The summed E-state index contributed by atoms with van der Waals surface area (Å²) in [6.45, 7) is 10.3. The Kier molecular flexibility index (Phi) is 10.3. The Morgan fingerprint density at radius 2 is 1.72 bits per heavy atom. The highest BCUT2D eigenvalue weighted by atomic mass is 79.9. The number of fused-ring (bicyclic) bond motifs is 4. The van der Waals surface area contributed by atoms with Gasteiger partial charge in [0.25, 0.3) is 0 Å². The maximum atomic E-state index is 12.9. The summed E-state index contributed by atoms with van der Waals surface area (Å²) in [7, 11) is 0. The fraction of sp³-hybridized carbons (Fsp3) is 0.433. The van der Waals surface area contributed by atoms with Gasteiger partial charge in [-0.05, 0) is 67.9 Å². The third-order valence-electron chi connectivity index (χ3n) is 7.03. The molecule has 0 radical (unpaired) electrons. The minimum Gasteiger partial charge on any atom is -1.00 e. The number of rotatable bonds is 5. The molecule has 0 aliphatic carbocycles. The Morgan fingerprint density at radius 3 is 2.36 bits per heavy atom. The number of quaternary nitrogens is 1. The molecule has 3 aliphatic rings. The van der Waals surface area contributed by atoms with E-state index in [2.05, 4.69) is 16.8 Å². The summed E-state index contributed by atoms with van der Waals surface area (Å²) in [5.74, 6) is 0.470. The molecule has 39 heavy (non-hydrogen) atoms. The minimum atomic E-state index is -0.459. The number of ketones is 1. The molecular formula is C30H37BrN2O5S. The predicted octanol–water partition coefficient (Wildman–Crippen LogP) is 3.29. The van der Waals surface area contributed by atoms with E-state index < -0.39 is 11.7 Å². The van der Waals surface area contributed by atoms with Crippen LogP contribution in [0.25, 0.3) is 10.1 Å². The van der Waals surface area contributed by atoms with Crippen molar-refractivity contribution < 1.29 is 45.3 Å². The van der Waals surface area contributed by atoms with Crippen LogP contribution in [0.3, 0.4) is 0 Å². The Hall–Kier alpha value is -2.75. The molecule has 4 heterocycles. The van der Waals surface area contributed by atoms with Crippen LogP contribution in [0.4, 0.5) is 10.5 Å². The number of ether oxygens (including phenoxy) is 2. The van der Waals surface area contributed by atoms with Crippen LogP contribution in [-0.2, 0) is 14.3 Å². The summed E-state index contributed by atoms with van der Waals surface area (Å²) in [4.78, 5) is 35.5. The number of Topliss-reactive ketones (excluding diaryl/α,β-unsaturated/α-hetero) is 1. The van der Waals surface area contributed by atoms with Crippen molar-refractivity contribution in [3.8, 4) is 0 Å². The van der Waals surface area contributed by atoms with Gasteiger partial charge in [-0.3, -0.25) is 14.9 Å². The molecule has 0 spiro atoms. The van der Waals surface area contributed by atoms with Crippen LogP contribution in [-0.4, -0.2) is 60.2 Å². The molecule has 7 nitrogen and oxygen atoms in total. The summed E-state index contributed by atoms with van der Waals surface area (Å²) in [6.07, 6.45) is 1.66. The zero-order valence-corrected chi connectivity index (χ0v) is 25.3. The molecule has 1 amide bonds. The molecule has 2 aromatic carbocycles. The van der Waals surface area contributed by atoms with Crippen LogP contribution < -0.4 is 22.3 Å². The fourth-order valence-corrected chi connectivity index (χ4v) is 6.04. The van der Waals surface area contributed by atoms with Crippen molar-refractivity contribution in [2.45, 2.75) is 52.2 Å². The molecule has 3 aliphatic heterocycles. The largest absolute Gasteiger partial charge is 1.00 e. The molecule has 3 saturated heterocycles. The molecule has 1 N–H and O–H groups in total. The number of anilines is 1. The average Bonchev–Trinajstić information content (AvgIpc) is 3.32. The van der Waals surface area contributed by atoms with E-state index in [1.165, 1.54) is 11.6 Å². The SMILES string of the molecule is CC(=O)O[C@H]1C[N+]2(CC(=O)c3ccc4sccc4c3)CCC1CC2.CC(C)(C)OC(=O)Nc1ccccc1.[Br-]. The molecular weight excluding hydrogens is 580 g/mol.